The van der Waals surface area contributed by atoms with Crippen LogP contribution in [-0.2, 0) is 9.31 Å². The maximum Gasteiger partial charge on any atom is 0.494 e. The van der Waals surface area contributed by atoms with Crippen LogP contribution in [0.5, 0.6) is 0 Å². The Morgan fingerprint density at radius 1 is 0.462 bits per heavy atom. The van der Waals surface area contributed by atoms with E-state index in [1.54, 1.807) is 0 Å². The normalized spacial score (nSPS) is 15.8. The van der Waals surface area contributed by atoms with E-state index >= 15 is 0 Å². The Morgan fingerprint density at radius 3 is 1.59 bits per heavy atom. The highest BCUT2D eigenvalue weighted by atomic mass is 16.7. The summed E-state index contributed by atoms with van der Waals surface area (Å²) in [5.74, 6) is 0. The van der Waals surface area contributed by atoms with Gasteiger partial charge in [0.15, 0.2) is 0 Å². The molecular weight excluding hydrogens is 477 g/mol. The van der Waals surface area contributed by atoms with Gasteiger partial charge in [-0.1, -0.05) is 103 Å². The molecule has 4 heteroatoms. The Kier molecular flexibility index (Phi) is 6.46. The molecule has 4 aromatic carbocycles. The number of rotatable bonds is 5. The van der Waals surface area contributed by atoms with E-state index in [0.29, 0.717) is 0 Å². The third kappa shape index (κ3) is 5.06. The summed E-state index contributed by atoms with van der Waals surface area (Å²) in [4.78, 5) is 5.11. The number of nitrogens with zero attached hydrogens (tertiary/aromatic N) is 1. The third-order valence-electron chi connectivity index (χ3n) is 7.91. The van der Waals surface area contributed by atoms with Crippen LogP contribution < -0.4 is 5.46 Å². The minimum absolute atomic E-state index is 0.376. The van der Waals surface area contributed by atoms with E-state index in [1.165, 1.54) is 5.56 Å². The Bertz CT molecular complexity index is 1540. The number of pyridine rings is 1. The van der Waals surface area contributed by atoms with Gasteiger partial charge in [-0.2, -0.15) is 0 Å². The highest BCUT2D eigenvalue weighted by molar-refractivity contribution is 6.62. The Balaban J connectivity index is 1.39. The third-order valence-corrected chi connectivity index (χ3v) is 7.91. The van der Waals surface area contributed by atoms with Crippen molar-refractivity contribution < 1.29 is 9.31 Å². The van der Waals surface area contributed by atoms with Crippen LogP contribution in [0, 0.1) is 0 Å². The molecule has 0 radical (unpaired) electrons. The molecule has 5 aromatic rings. The number of hydrogen-bond acceptors (Lipinski definition) is 3. The van der Waals surface area contributed by atoms with E-state index in [-0.39, 0.29) is 11.2 Å². The topological polar surface area (TPSA) is 31.4 Å². The highest BCUT2D eigenvalue weighted by Gasteiger charge is 2.51. The lowest BCUT2D eigenvalue weighted by atomic mass is 9.78. The molecule has 0 saturated carbocycles. The predicted octanol–water partition coefficient (Wildman–Crippen LogP) is 8.05. The van der Waals surface area contributed by atoms with Gasteiger partial charge in [0.2, 0.25) is 0 Å². The van der Waals surface area contributed by atoms with Crippen LogP contribution in [0.3, 0.4) is 0 Å². The van der Waals surface area contributed by atoms with Crippen LogP contribution in [0.4, 0.5) is 0 Å². The second-order valence-corrected chi connectivity index (χ2v) is 11.2. The van der Waals surface area contributed by atoms with Gasteiger partial charge in [-0.25, -0.2) is 4.98 Å². The molecule has 0 N–H and O–H groups in total. The van der Waals surface area contributed by atoms with Crippen molar-refractivity contribution in [1.82, 2.24) is 4.98 Å². The van der Waals surface area contributed by atoms with Crippen LogP contribution >= 0.6 is 0 Å². The first-order chi connectivity index (χ1) is 18.8. The zero-order chi connectivity index (χ0) is 27.0. The summed E-state index contributed by atoms with van der Waals surface area (Å²) in [5, 5.41) is 0. The van der Waals surface area contributed by atoms with E-state index in [0.717, 1.165) is 44.7 Å². The molecule has 6 rings (SSSR count). The molecule has 39 heavy (non-hydrogen) atoms. The molecule has 3 nitrogen and oxygen atoms in total. The van der Waals surface area contributed by atoms with E-state index < -0.39 is 7.12 Å². The summed E-state index contributed by atoms with van der Waals surface area (Å²) in [5.41, 5.74) is 8.90. The van der Waals surface area contributed by atoms with Gasteiger partial charge in [-0.05, 0) is 73.6 Å². The fourth-order valence-corrected chi connectivity index (χ4v) is 4.93. The zero-order valence-electron chi connectivity index (χ0n) is 22.9. The van der Waals surface area contributed by atoms with Crippen LogP contribution in [0.1, 0.15) is 27.7 Å². The lowest BCUT2D eigenvalue weighted by Crippen LogP contribution is -2.41. The second kappa shape index (κ2) is 9.96. The maximum atomic E-state index is 6.31. The number of hydrogen-bond donors (Lipinski definition) is 0. The van der Waals surface area contributed by atoms with Crippen molar-refractivity contribution in [3.63, 3.8) is 0 Å². The maximum absolute atomic E-state index is 6.31. The molecule has 1 aliphatic heterocycles. The molecule has 0 aliphatic carbocycles. The van der Waals surface area contributed by atoms with Crippen LogP contribution in [0.2, 0.25) is 0 Å². The fraction of sp³-hybridized carbons (Fsp3) is 0.171. The van der Waals surface area contributed by atoms with Gasteiger partial charge in [0.25, 0.3) is 0 Å². The van der Waals surface area contributed by atoms with Crippen molar-refractivity contribution in [2.24, 2.45) is 0 Å². The van der Waals surface area contributed by atoms with E-state index in [2.05, 4.69) is 137 Å². The second-order valence-electron chi connectivity index (χ2n) is 11.2. The molecule has 0 spiro atoms. The molecule has 1 aromatic heterocycles. The molecule has 1 saturated heterocycles. The Hall–Kier alpha value is -3.99. The van der Waals surface area contributed by atoms with Crippen LogP contribution in [0.15, 0.2) is 121 Å². The monoisotopic (exact) mass is 509 g/mol. The number of aromatic nitrogens is 1. The van der Waals surface area contributed by atoms with Gasteiger partial charge < -0.3 is 9.31 Å². The molecule has 0 amide bonds. The van der Waals surface area contributed by atoms with Gasteiger partial charge in [0.05, 0.1) is 22.6 Å². The highest BCUT2D eigenvalue weighted by Crippen LogP contribution is 2.37. The van der Waals surface area contributed by atoms with E-state index in [4.69, 9.17) is 14.3 Å². The lowest BCUT2D eigenvalue weighted by molar-refractivity contribution is 0.00578. The average Bonchev–Trinajstić information content (AvgIpc) is 3.20. The first kappa shape index (κ1) is 25.3. The van der Waals surface area contributed by atoms with Crippen molar-refractivity contribution in [3.05, 3.63) is 121 Å². The summed E-state index contributed by atoms with van der Waals surface area (Å²) >= 11 is 0. The van der Waals surface area contributed by atoms with Crippen LogP contribution in [0.25, 0.3) is 44.8 Å². The average molecular weight is 509 g/mol. The first-order valence-corrected chi connectivity index (χ1v) is 13.5. The zero-order valence-corrected chi connectivity index (χ0v) is 22.9. The SMILES string of the molecule is CC1(C)OB(c2cccc(-c3cccc(-c4cc(-c5ccccc5)cc(-c5ccccc5)n4)c3)c2)OC1(C)C. The quantitative estimate of drug-likeness (QED) is 0.225. The van der Waals surface area contributed by atoms with Crippen molar-refractivity contribution >= 4 is 12.6 Å². The molecule has 1 aliphatic rings. The predicted molar refractivity (Wildman–Crippen MR) is 162 cm³/mol. The molecule has 0 unspecified atom stereocenters. The minimum Gasteiger partial charge on any atom is -0.399 e. The van der Waals surface area contributed by atoms with Crippen molar-refractivity contribution in [1.29, 1.82) is 0 Å². The van der Waals surface area contributed by atoms with Gasteiger partial charge >= 0.3 is 7.12 Å². The lowest BCUT2D eigenvalue weighted by Gasteiger charge is -2.32. The van der Waals surface area contributed by atoms with Gasteiger partial charge in [-0.3, -0.25) is 0 Å². The van der Waals surface area contributed by atoms with Gasteiger partial charge in [0, 0.05) is 11.1 Å². The van der Waals surface area contributed by atoms with Crippen molar-refractivity contribution in [3.8, 4) is 44.8 Å². The summed E-state index contributed by atoms with van der Waals surface area (Å²) in [7, 11) is -0.393. The van der Waals surface area contributed by atoms with Gasteiger partial charge in [0.1, 0.15) is 0 Å². The summed E-state index contributed by atoms with van der Waals surface area (Å²) < 4.78 is 12.6. The van der Waals surface area contributed by atoms with Crippen molar-refractivity contribution in [2.45, 2.75) is 38.9 Å². The molecule has 2 heterocycles. The Morgan fingerprint density at radius 2 is 0.949 bits per heavy atom. The summed E-state index contributed by atoms with van der Waals surface area (Å²) in [6.45, 7) is 8.34. The molecule has 0 atom stereocenters. The largest absolute Gasteiger partial charge is 0.494 e. The van der Waals surface area contributed by atoms with E-state index in [9.17, 15) is 0 Å². The van der Waals surface area contributed by atoms with E-state index in [1.807, 2.05) is 12.1 Å². The molecule has 192 valence electrons. The first-order valence-electron chi connectivity index (χ1n) is 13.5. The fourth-order valence-electron chi connectivity index (χ4n) is 4.93. The van der Waals surface area contributed by atoms with Crippen molar-refractivity contribution in [2.75, 3.05) is 0 Å². The molecule has 1 fully saturated rings. The number of benzene rings is 4. The van der Waals surface area contributed by atoms with Crippen LogP contribution in [-0.4, -0.2) is 23.3 Å². The molecular formula is C35H32BNO2. The smallest absolute Gasteiger partial charge is 0.399 e. The summed E-state index contributed by atoms with van der Waals surface area (Å²) in [6.07, 6.45) is 0. The molecule has 0 bridgehead atoms. The summed E-state index contributed by atoms with van der Waals surface area (Å²) in [6, 6.07) is 42.3. The Labute approximate surface area is 231 Å². The van der Waals surface area contributed by atoms with Gasteiger partial charge in [-0.15, -0.1) is 0 Å². The minimum atomic E-state index is -0.393. The standard InChI is InChI=1S/C35H32BNO2/c1-34(2)35(3,4)39-36(38-34)31-20-12-18-28(22-31)27-17-11-19-29(21-27)33-24-30(25-13-7-5-8-14-25)23-32(37-33)26-15-9-6-10-16-26/h5-24H,1-4H3.